The van der Waals surface area contributed by atoms with Crippen LogP contribution in [0.4, 0.5) is 0 Å². The number of rotatable bonds is 5. The lowest BCUT2D eigenvalue weighted by Crippen LogP contribution is -2.26. The summed E-state index contributed by atoms with van der Waals surface area (Å²) in [7, 11) is 0. The van der Waals surface area contributed by atoms with Gasteiger partial charge in [0.1, 0.15) is 17.3 Å². The van der Waals surface area contributed by atoms with E-state index in [0.29, 0.717) is 33.9 Å². The van der Waals surface area contributed by atoms with Gasteiger partial charge in [-0.25, -0.2) is 4.98 Å². The molecule has 0 amide bonds. The first-order valence-corrected chi connectivity index (χ1v) is 11.6. The molecule has 1 aliphatic carbocycles. The van der Waals surface area contributed by atoms with Crippen LogP contribution in [-0.4, -0.2) is 20.6 Å². The number of ketones is 1. The number of carbonyl (C=O) groups is 1. The van der Waals surface area contributed by atoms with Crippen molar-refractivity contribution in [2.75, 3.05) is 0 Å². The van der Waals surface area contributed by atoms with Crippen LogP contribution in [0.25, 0.3) is 16.6 Å². The first-order chi connectivity index (χ1) is 15.7. The van der Waals surface area contributed by atoms with Gasteiger partial charge < -0.3 is 4.74 Å². The van der Waals surface area contributed by atoms with Gasteiger partial charge in [-0.3, -0.25) is 14.2 Å². The third-order valence-electron chi connectivity index (χ3n) is 5.57. The van der Waals surface area contributed by atoms with Crippen molar-refractivity contribution in [3.63, 3.8) is 0 Å². The Labute approximate surface area is 190 Å². The zero-order chi connectivity index (χ0) is 21.9. The molecule has 4 aromatic rings. The Hall–Kier alpha value is -3.38. The highest BCUT2D eigenvalue weighted by Gasteiger charge is 2.26. The predicted octanol–water partition coefficient (Wildman–Crippen LogP) is 5.78. The minimum atomic E-state index is -0.163. The predicted molar refractivity (Wildman–Crippen MR) is 127 cm³/mol. The van der Waals surface area contributed by atoms with Crippen molar-refractivity contribution in [2.24, 2.45) is 0 Å². The molecule has 1 fully saturated rings. The maximum Gasteiger partial charge on any atom is 0.266 e. The van der Waals surface area contributed by atoms with Gasteiger partial charge in [0.2, 0.25) is 0 Å². The van der Waals surface area contributed by atoms with Crippen molar-refractivity contribution in [1.29, 1.82) is 0 Å². The minimum absolute atomic E-state index is 0.141. The number of hydrogen-bond acceptors (Lipinski definition) is 5. The van der Waals surface area contributed by atoms with Gasteiger partial charge in [0, 0.05) is 6.42 Å². The second-order valence-corrected chi connectivity index (χ2v) is 8.95. The van der Waals surface area contributed by atoms with E-state index in [4.69, 9.17) is 9.72 Å². The largest absolute Gasteiger partial charge is 0.457 e. The molecule has 5 rings (SSSR count). The van der Waals surface area contributed by atoms with Gasteiger partial charge in [-0.2, -0.15) is 0 Å². The van der Waals surface area contributed by atoms with E-state index in [1.54, 1.807) is 10.6 Å². The average Bonchev–Trinajstić information content (AvgIpc) is 2.82. The number of Topliss-reactive ketones (excluding diaryl/α,β-unsaturated/α-hetero) is 1. The number of para-hydroxylation sites is 2. The smallest absolute Gasteiger partial charge is 0.266 e. The van der Waals surface area contributed by atoms with Gasteiger partial charge in [0.15, 0.2) is 5.16 Å². The number of hydrogen-bond donors (Lipinski definition) is 0. The van der Waals surface area contributed by atoms with Gasteiger partial charge in [-0.05, 0) is 61.4 Å². The fourth-order valence-corrected chi connectivity index (χ4v) is 5.14. The summed E-state index contributed by atoms with van der Waals surface area (Å²) in [6, 6.07) is 24.3. The molecule has 3 aromatic carbocycles. The molecule has 1 unspecified atom stereocenters. The molecule has 6 heteroatoms. The molecule has 0 saturated heterocycles. The molecule has 0 aliphatic heterocycles. The van der Waals surface area contributed by atoms with Gasteiger partial charge in [0.25, 0.3) is 5.56 Å². The second kappa shape index (κ2) is 9.01. The van der Waals surface area contributed by atoms with E-state index in [-0.39, 0.29) is 16.6 Å². The summed E-state index contributed by atoms with van der Waals surface area (Å²) < 4.78 is 7.49. The molecular weight excluding hydrogens is 420 g/mol. The number of thioether (sulfide) groups is 1. The highest BCUT2D eigenvalue weighted by atomic mass is 32.2. The molecule has 0 spiro atoms. The van der Waals surface area contributed by atoms with Crippen LogP contribution in [-0.2, 0) is 4.79 Å². The fraction of sp³-hybridized carbons (Fsp3) is 0.192. The van der Waals surface area contributed by atoms with E-state index in [2.05, 4.69) is 0 Å². The van der Waals surface area contributed by atoms with E-state index >= 15 is 0 Å². The molecule has 0 bridgehead atoms. The van der Waals surface area contributed by atoms with Gasteiger partial charge in [0.05, 0.1) is 21.8 Å². The quantitative estimate of drug-likeness (QED) is 0.367. The van der Waals surface area contributed by atoms with Crippen molar-refractivity contribution in [3.05, 3.63) is 89.2 Å². The average molecular weight is 443 g/mol. The van der Waals surface area contributed by atoms with Crippen LogP contribution in [0.2, 0.25) is 0 Å². The summed E-state index contributed by atoms with van der Waals surface area (Å²) in [5, 5.41) is 0.936. The Bertz CT molecular complexity index is 1320. The number of nitrogens with zero attached hydrogens (tertiary/aromatic N) is 2. The van der Waals surface area contributed by atoms with E-state index in [9.17, 15) is 9.59 Å². The van der Waals surface area contributed by atoms with Crippen molar-refractivity contribution < 1.29 is 9.53 Å². The van der Waals surface area contributed by atoms with Crippen LogP contribution in [0.5, 0.6) is 11.5 Å². The van der Waals surface area contributed by atoms with Crippen molar-refractivity contribution in [1.82, 2.24) is 9.55 Å². The molecule has 1 saturated carbocycles. The highest BCUT2D eigenvalue weighted by Crippen LogP contribution is 2.32. The van der Waals surface area contributed by atoms with Crippen LogP contribution in [0.3, 0.4) is 0 Å². The lowest BCUT2D eigenvalue weighted by Gasteiger charge is -2.21. The molecule has 5 nitrogen and oxygen atoms in total. The van der Waals surface area contributed by atoms with Crippen LogP contribution in [0.15, 0.2) is 88.8 Å². The van der Waals surface area contributed by atoms with Crippen LogP contribution >= 0.6 is 11.8 Å². The van der Waals surface area contributed by atoms with Crippen LogP contribution in [0.1, 0.15) is 25.7 Å². The number of aromatic nitrogens is 2. The van der Waals surface area contributed by atoms with E-state index < -0.39 is 0 Å². The summed E-state index contributed by atoms with van der Waals surface area (Å²) in [5.74, 6) is 1.66. The maximum absolute atomic E-state index is 13.4. The first kappa shape index (κ1) is 20.5. The topological polar surface area (TPSA) is 61.2 Å². The SMILES string of the molecule is O=C1CCCCC1Sc1nc2ccccc2c(=O)n1-c1ccc(Oc2ccccc2)cc1. The third kappa shape index (κ3) is 4.18. The fourth-order valence-electron chi connectivity index (χ4n) is 3.91. The minimum Gasteiger partial charge on any atom is -0.457 e. The zero-order valence-corrected chi connectivity index (χ0v) is 18.3. The molecule has 1 heterocycles. The summed E-state index contributed by atoms with van der Waals surface area (Å²) in [5.41, 5.74) is 1.20. The first-order valence-electron chi connectivity index (χ1n) is 10.7. The Kier molecular flexibility index (Phi) is 5.77. The summed E-state index contributed by atoms with van der Waals surface area (Å²) >= 11 is 1.40. The number of benzene rings is 3. The standard InChI is InChI=1S/C26H22N2O3S/c29-23-12-6-7-13-24(23)32-26-27-22-11-5-4-10-21(22)25(30)28(26)18-14-16-20(17-15-18)31-19-8-2-1-3-9-19/h1-5,8-11,14-17,24H,6-7,12-13H2. The Morgan fingerprint density at radius 1 is 0.844 bits per heavy atom. The Balaban J connectivity index is 1.55. The molecule has 0 radical (unpaired) electrons. The van der Waals surface area contributed by atoms with Crippen molar-refractivity contribution >= 4 is 28.4 Å². The number of fused-ring (bicyclic) bond motifs is 1. The summed E-state index contributed by atoms with van der Waals surface area (Å²) in [4.78, 5) is 30.7. The van der Waals surface area contributed by atoms with Gasteiger partial charge in [-0.1, -0.05) is 48.5 Å². The van der Waals surface area contributed by atoms with Gasteiger partial charge >= 0.3 is 0 Å². The zero-order valence-electron chi connectivity index (χ0n) is 17.4. The van der Waals surface area contributed by atoms with E-state index in [0.717, 1.165) is 25.0 Å². The van der Waals surface area contributed by atoms with Crippen LogP contribution in [0, 0.1) is 0 Å². The van der Waals surface area contributed by atoms with Gasteiger partial charge in [-0.15, -0.1) is 0 Å². The molecule has 1 aromatic heterocycles. The molecular formula is C26H22N2O3S. The normalized spacial score (nSPS) is 16.2. The number of carbonyl (C=O) groups excluding carboxylic acids is 1. The van der Waals surface area contributed by atoms with E-state index in [1.165, 1.54) is 11.8 Å². The summed E-state index contributed by atoms with van der Waals surface area (Å²) in [6.07, 6.45) is 3.38. The second-order valence-electron chi connectivity index (χ2n) is 7.78. The lowest BCUT2D eigenvalue weighted by atomic mass is 9.99. The maximum atomic E-state index is 13.4. The molecule has 32 heavy (non-hydrogen) atoms. The van der Waals surface area contributed by atoms with Crippen molar-refractivity contribution in [2.45, 2.75) is 36.1 Å². The van der Waals surface area contributed by atoms with Crippen molar-refractivity contribution in [3.8, 4) is 17.2 Å². The summed E-state index contributed by atoms with van der Waals surface area (Å²) in [6.45, 7) is 0. The lowest BCUT2D eigenvalue weighted by molar-refractivity contribution is -0.119. The highest BCUT2D eigenvalue weighted by molar-refractivity contribution is 8.00. The van der Waals surface area contributed by atoms with Crippen LogP contribution < -0.4 is 10.3 Å². The van der Waals surface area contributed by atoms with E-state index in [1.807, 2.05) is 72.8 Å². The molecule has 1 aliphatic rings. The third-order valence-corrected chi connectivity index (χ3v) is 6.83. The monoisotopic (exact) mass is 442 g/mol. The molecule has 0 N–H and O–H groups in total. The molecule has 160 valence electrons. The Morgan fingerprint density at radius 3 is 2.34 bits per heavy atom. The number of ether oxygens (including phenoxy) is 1. The molecule has 1 atom stereocenters. The Morgan fingerprint density at radius 2 is 1.56 bits per heavy atom.